The first-order chi connectivity index (χ1) is 15.9. The summed E-state index contributed by atoms with van der Waals surface area (Å²) in [5, 5.41) is 19.9. The fraction of sp³-hybridized carbons (Fsp3) is 0.304. The first-order valence-electron chi connectivity index (χ1n) is 10.6. The number of hydrogen-bond acceptors (Lipinski definition) is 6. The predicted octanol–water partition coefficient (Wildman–Crippen LogP) is 4.28. The molecule has 0 unspecified atom stereocenters. The second-order valence-electron chi connectivity index (χ2n) is 7.74. The molecule has 172 valence electrons. The molecule has 2 atom stereocenters. The van der Waals surface area contributed by atoms with Gasteiger partial charge in [0, 0.05) is 17.9 Å². The Labute approximate surface area is 195 Å². The van der Waals surface area contributed by atoms with Crippen molar-refractivity contribution in [3.63, 3.8) is 0 Å². The number of carbonyl (C=O) groups excluding carboxylic acids is 1. The van der Waals surface area contributed by atoms with E-state index in [0.717, 1.165) is 16.9 Å². The molecular formula is C23H24ClN5O4. The van der Waals surface area contributed by atoms with Crippen LogP contribution in [-0.2, 0) is 9.59 Å². The van der Waals surface area contributed by atoms with Crippen LogP contribution in [0.25, 0.3) is 0 Å². The SMILES string of the molecule is COc1ccc([C@H]2C[C@H](c3ccccc3Cl)n3nc(NC(=O)CCCC(=O)O)nc3N2)cc1. The number of benzene rings is 2. The van der Waals surface area contributed by atoms with E-state index in [-0.39, 0.29) is 43.2 Å². The number of halogens is 1. The van der Waals surface area contributed by atoms with Gasteiger partial charge in [-0.1, -0.05) is 41.9 Å². The Morgan fingerprint density at radius 2 is 1.97 bits per heavy atom. The minimum Gasteiger partial charge on any atom is -0.497 e. The van der Waals surface area contributed by atoms with E-state index in [0.29, 0.717) is 17.4 Å². The smallest absolute Gasteiger partial charge is 0.303 e. The van der Waals surface area contributed by atoms with E-state index in [1.54, 1.807) is 11.8 Å². The Hall–Kier alpha value is -3.59. The number of nitrogens with zero attached hydrogens (tertiary/aromatic N) is 3. The second kappa shape index (κ2) is 9.91. The number of rotatable bonds is 8. The highest BCUT2D eigenvalue weighted by Crippen LogP contribution is 2.40. The molecule has 0 bridgehead atoms. The molecule has 1 aliphatic rings. The third-order valence-corrected chi connectivity index (χ3v) is 5.86. The van der Waals surface area contributed by atoms with Gasteiger partial charge in [-0.25, -0.2) is 4.68 Å². The van der Waals surface area contributed by atoms with Crippen molar-refractivity contribution in [3.8, 4) is 5.75 Å². The van der Waals surface area contributed by atoms with Crippen molar-refractivity contribution in [2.24, 2.45) is 0 Å². The van der Waals surface area contributed by atoms with Crippen molar-refractivity contribution in [2.75, 3.05) is 17.7 Å². The number of anilines is 2. The number of amides is 1. The molecule has 0 fully saturated rings. The maximum Gasteiger partial charge on any atom is 0.303 e. The summed E-state index contributed by atoms with van der Waals surface area (Å²) in [6.45, 7) is 0. The fourth-order valence-electron chi connectivity index (χ4n) is 3.88. The van der Waals surface area contributed by atoms with E-state index in [9.17, 15) is 9.59 Å². The second-order valence-corrected chi connectivity index (χ2v) is 8.15. The van der Waals surface area contributed by atoms with Gasteiger partial charge in [0.05, 0.1) is 19.2 Å². The first-order valence-corrected chi connectivity index (χ1v) is 11.0. The maximum absolute atomic E-state index is 12.2. The van der Waals surface area contributed by atoms with E-state index < -0.39 is 5.97 Å². The molecule has 3 N–H and O–H groups in total. The molecule has 0 radical (unpaired) electrons. The van der Waals surface area contributed by atoms with Crippen LogP contribution in [0.3, 0.4) is 0 Å². The largest absolute Gasteiger partial charge is 0.497 e. The minimum absolute atomic E-state index is 0.0620. The van der Waals surface area contributed by atoms with Crippen LogP contribution in [0.1, 0.15) is 48.9 Å². The zero-order chi connectivity index (χ0) is 23.4. The third-order valence-electron chi connectivity index (χ3n) is 5.52. The molecule has 1 aliphatic heterocycles. The highest BCUT2D eigenvalue weighted by atomic mass is 35.5. The van der Waals surface area contributed by atoms with Gasteiger partial charge in [-0.2, -0.15) is 4.98 Å². The molecule has 0 aliphatic carbocycles. The number of methoxy groups -OCH3 is 1. The molecule has 2 aromatic carbocycles. The number of ether oxygens (including phenoxy) is 1. The van der Waals surface area contributed by atoms with Gasteiger partial charge in [-0.3, -0.25) is 14.9 Å². The zero-order valence-electron chi connectivity index (χ0n) is 18.0. The van der Waals surface area contributed by atoms with Crippen LogP contribution in [0.15, 0.2) is 48.5 Å². The number of aliphatic carboxylic acids is 1. The summed E-state index contributed by atoms with van der Waals surface area (Å²) in [7, 11) is 1.63. The molecule has 10 heteroatoms. The van der Waals surface area contributed by atoms with Gasteiger partial charge in [0.15, 0.2) is 0 Å². The van der Waals surface area contributed by atoms with Gasteiger partial charge in [0.2, 0.25) is 11.9 Å². The molecule has 2 heterocycles. The number of carboxylic acid groups (broad SMARTS) is 1. The number of hydrogen-bond donors (Lipinski definition) is 3. The van der Waals surface area contributed by atoms with E-state index in [1.807, 2.05) is 48.5 Å². The van der Waals surface area contributed by atoms with Gasteiger partial charge in [-0.15, -0.1) is 5.10 Å². The van der Waals surface area contributed by atoms with Gasteiger partial charge >= 0.3 is 5.97 Å². The zero-order valence-corrected chi connectivity index (χ0v) is 18.7. The Morgan fingerprint density at radius 1 is 1.21 bits per heavy atom. The number of carboxylic acids is 1. The molecule has 3 aromatic rings. The number of carbonyl (C=O) groups is 2. The lowest BCUT2D eigenvalue weighted by molar-refractivity contribution is -0.137. The summed E-state index contributed by atoms with van der Waals surface area (Å²) >= 11 is 6.52. The Kier molecular flexibility index (Phi) is 6.79. The van der Waals surface area contributed by atoms with Crippen LogP contribution in [0, 0.1) is 0 Å². The third kappa shape index (κ3) is 5.25. The number of aromatic nitrogens is 3. The summed E-state index contributed by atoms with van der Waals surface area (Å²) in [5.41, 5.74) is 1.96. The average molecular weight is 470 g/mol. The maximum atomic E-state index is 12.2. The summed E-state index contributed by atoms with van der Waals surface area (Å²) in [4.78, 5) is 27.4. The van der Waals surface area contributed by atoms with E-state index in [1.165, 1.54) is 0 Å². The number of fused-ring (bicyclic) bond motifs is 1. The van der Waals surface area contributed by atoms with Crippen molar-refractivity contribution < 1.29 is 19.4 Å². The van der Waals surface area contributed by atoms with Crippen LogP contribution in [0.2, 0.25) is 5.02 Å². The van der Waals surface area contributed by atoms with Crippen molar-refractivity contribution in [1.82, 2.24) is 14.8 Å². The van der Waals surface area contributed by atoms with Crippen LogP contribution in [0.4, 0.5) is 11.9 Å². The first kappa shape index (κ1) is 22.6. The lowest BCUT2D eigenvalue weighted by Gasteiger charge is -2.32. The summed E-state index contributed by atoms with van der Waals surface area (Å²) < 4.78 is 6.99. The highest BCUT2D eigenvalue weighted by molar-refractivity contribution is 6.31. The average Bonchev–Trinajstić information content (AvgIpc) is 3.21. The molecular weight excluding hydrogens is 446 g/mol. The van der Waals surface area contributed by atoms with E-state index in [4.69, 9.17) is 21.4 Å². The van der Waals surface area contributed by atoms with Gasteiger partial charge in [0.25, 0.3) is 5.95 Å². The predicted molar refractivity (Wildman–Crippen MR) is 124 cm³/mol. The van der Waals surface area contributed by atoms with Gasteiger partial charge in [0.1, 0.15) is 5.75 Å². The minimum atomic E-state index is -0.935. The Morgan fingerprint density at radius 3 is 2.67 bits per heavy atom. The van der Waals surface area contributed by atoms with Crippen LogP contribution >= 0.6 is 11.6 Å². The Balaban J connectivity index is 1.61. The standard InChI is InChI=1S/C23H24ClN5O4/c1-33-15-11-9-14(10-12-15)18-13-19(16-5-2-3-6-17(16)24)29-23(25-18)27-22(28-29)26-20(30)7-4-8-21(31)32/h2-3,5-6,9-12,18-19H,4,7-8,13H2,1H3,(H,31,32)(H2,25,26,27,28,30)/t18-,19-/m1/s1. The summed E-state index contributed by atoms with van der Waals surface area (Å²) in [6, 6.07) is 15.1. The van der Waals surface area contributed by atoms with Crippen molar-refractivity contribution in [3.05, 3.63) is 64.7 Å². The fourth-order valence-corrected chi connectivity index (χ4v) is 4.14. The van der Waals surface area contributed by atoms with Crippen molar-refractivity contribution in [2.45, 2.75) is 37.8 Å². The van der Waals surface area contributed by atoms with Crippen LogP contribution < -0.4 is 15.4 Å². The Bertz CT molecular complexity index is 1150. The normalized spacial score (nSPS) is 17.0. The lowest BCUT2D eigenvalue weighted by atomic mass is 9.93. The topological polar surface area (TPSA) is 118 Å². The van der Waals surface area contributed by atoms with Crippen molar-refractivity contribution >= 4 is 35.4 Å². The van der Waals surface area contributed by atoms with E-state index >= 15 is 0 Å². The molecule has 4 rings (SSSR count). The molecule has 0 spiro atoms. The highest BCUT2D eigenvalue weighted by Gasteiger charge is 2.32. The monoisotopic (exact) mass is 469 g/mol. The van der Waals surface area contributed by atoms with Gasteiger partial charge < -0.3 is 15.2 Å². The van der Waals surface area contributed by atoms with Crippen LogP contribution in [0.5, 0.6) is 5.75 Å². The molecule has 0 saturated carbocycles. The quantitative estimate of drug-likeness (QED) is 0.450. The molecule has 1 aromatic heterocycles. The number of nitrogens with one attached hydrogen (secondary N) is 2. The molecule has 1 amide bonds. The summed E-state index contributed by atoms with van der Waals surface area (Å²) in [5.74, 6) is 0.168. The molecule has 0 saturated heterocycles. The van der Waals surface area contributed by atoms with Gasteiger partial charge in [-0.05, 0) is 42.2 Å². The van der Waals surface area contributed by atoms with Crippen molar-refractivity contribution in [1.29, 1.82) is 0 Å². The molecule has 33 heavy (non-hydrogen) atoms. The lowest BCUT2D eigenvalue weighted by Crippen LogP contribution is -2.28. The molecule has 9 nitrogen and oxygen atoms in total. The summed E-state index contributed by atoms with van der Waals surface area (Å²) in [6.07, 6.45) is 0.916. The van der Waals surface area contributed by atoms with Crippen LogP contribution in [-0.4, -0.2) is 38.9 Å². The van der Waals surface area contributed by atoms with E-state index in [2.05, 4.69) is 20.7 Å².